The molecule has 0 bridgehead atoms. The normalized spacial score (nSPS) is 11.0. The van der Waals surface area contributed by atoms with Gasteiger partial charge in [0.25, 0.3) is 0 Å². The maximum atomic E-state index is 13.2. The first-order valence-corrected chi connectivity index (χ1v) is 5.11. The molecule has 0 radical (unpaired) electrons. The zero-order valence-electron chi connectivity index (χ0n) is 6.44. The minimum Gasteiger partial charge on any atom is -0.340 e. The first-order chi connectivity index (χ1) is 6.22. The first kappa shape index (κ1) is 8.97. The van der Waals surface area contributed by atoms with E-state index in [1.165, 1.54) is 12.1 Å². The van der Waals surface area contributed by atoms with Crippen molar-refractivity contribution in [2.45, 2.75) is 5.33 Å². The van der Waals surface area contributed by atoms with E-state index in [9.17, 15) is 4.39 Å². The van der Waals surface area contributed by atoms with Crippen molar-refractivity contribution in [1.82, 2.24) is 9.97 Å². The van der Waals surface area contributed by atoms with E-state index in [2.05, 4.69) is 25.9 Å². The molecular formula is C8H5BrClFN2. The maximum absolute atomic E-state index is 13.2. The van der Waals surface area contributed by atoms with Crippen LogP contribution in [0.25, 0.3) is 11.0 Å². The molecule has 1 N–H and O–H groups in total. The average Bonchev–Trinajstić information content (AvgIpc) is 2.56. The van der Waals surface area contributed by atoms with Gasteiger partial charge in [0.15, 0.2) is 5.82 Å². The van der Waals surface area contributed by atoms with Gasteiger partial charge in [-0.15, -0.1) is 0 Å². The van der Waals surface area contributed by atoms with Crippen LogP contribution in [0.4, 0.5) is 4.39 Å². The second-order valence-electron chi connectivity index (χ2n) is 2.57. The van der Waals surface area contributed by atoms with Crippen LogP contribution in [0.3, 0.4) is 0 Å². The Bertz CT molecular complexity index is 416. The summed E-state index contributed by atoms with van der Waals surface area (Å²) in [6.07, 6.45) is 0. The highest BCUT2D eigenvalue weighted by Gasteiger charge is 2.09. The summed E-state index contributed by atoms with van der Waals surface area (Å²) in [5.41, 5.74) is 0.845. The number of aromatic amines is 1. The molecule has 0 saturated heterocycles. The Balaban J connectivity index is 2.80. The van der Waals surface area contributed by atoms with Gasteiger partial charge < -0.3 is 4.98 Å². The van der Waals surface area contributed by atoms with Crippen LogP contribution in [-0.4, -0.2) is 9.97 Å². The fraction of sp³-hybridized carbons (Fsp3) is 0.125. The molecule has 5 heteroatoms. The number of aromatic nitrogens is 2. The summed E-state index contributed by atoms with van der Waals surface area (Å²) < 4.78 is 13.2. The molecule has 0 aliphatic heterocycles. The van der Waals surface area contributed by atoms with Gasteiger partial charge in [-0.2, -0.15) is 0 Å². The molecule has 0 atom stereocenters. The summed E-state index contributed by atoms with van der Waals surface area (Å²) in [5.74, 6) is 0.310. The zero-order valence-corrected chi connectivity index (χ0v) is 8.78. The fourth-order valence-corrected chi connectivity index (χ4v) is 1.61. The van der Waals surface area contributed by atoms with Gasteiger partial charge >= 0.3 is 0 Å². The van der Waals surface area contributed by atoms with Gasteiger partial charge in [0.05, 0.1) is 15.9 Å². The third-order valence-corrected chi connectivity index (χ3v) is 2.57. The molecule has 0 spiro atoms. The summed E-state index contributed by atoms with van der Waals surface area (Å²) in [5, 5.41) is 1.04. The topological polar surface area (TPSA) is 28.7 Å². The summed E-state index contributed by atoms with van der Waals surface area (Å²) in [6.45, 7) is 0. The lowest BCUT2D eigenvalue weighted by atomic mass is 10.3. The second kappa shape index (κ2) is 3.27. The van der Waals surface area contributed by atoms with E-state index >= 15 is 0 Å². The van der Waals surface area contributed by atoms with Crippen molar-refractivity contribution in [2.24, 2.45) is 0 Å². The summed E-state index contributed by atoms with van der Waals surface area (Å²) >= 11 is 9.07. The predicted molar refractivity (Wildman–Crippen MR) is 53.7 cm³/mol. The number of hydrogen-bond donors (Lipinski definition) is 1. The Morgan fingerprint density at radius 2 is 2.31 bits per heavy atom. The van der Waals surface area contributed by atoms with Crippen LogP contribution in [0.2, 0.25) is 5.02 Å². The van der Waals surface area contributed by atoms with Crippen molar-refractivity contribution in [1.29, 1.82) is 0 Å². The number of nitrogens with one attached hydrogen (secondary N) is 1. The molecule has 0 aliphatic carbocycles. The van der Waals surface area contributed by atoms with Crippen LogP contribution in [-0.2, 0) is 5.33 Å². The molecule has 1 aromatic carbocycles. The maximum Gasteiger partial charge on any atom is 0.151 e. The molecule has 0 aliphatic rings. The zero-order chi connectivity index (χ0) is 9.42. The van der Waals surface area contributed by atoms with E-state index in [-0.39, 0.29) is 5.82 Å². The lowest BCUT2D eigenvalue weighted by molar-refractivity contribution is 0.637. The number of H-pyrrole nitrogens is 1. The highest BCUT2D eigenvalue weighted by atomic mass is 79.9. The molecule has 0 unspecified atom stereocenters. The van der Waals surface area contributed by atoms with Crippen LogP contribution in [0, 0.1) is 5.82 Å². The van der Waals surface area contributed by atoms with E-state index < -0.39 is 0 Å². The number of alkyl halides is 1. The Hall–Kier alpha value is -0.610. The van der Waals surface area contributed by atoms with Crippen molar-refractivity contribution in [3.05, 3.63) is 28.8 Å². The number of fused-ring (bicyclic) bond motifs is 1. The summed E-state index contributed by atoms with van der Waals surface area (Å²) in [6, 6.07) is 2.82. The quantitative estimate of drug-likeness (QED) is 0.786. The molecule has 2 nitrogen and oxygen atoms in total. The Kier molecular flexibility index (Phi) is 2.26. The predicted octanol–water partition coefficient (Wildman–Crippen LogP) is 3.25. The van der Waals surface area contributed by atoms with Crippen molar-refractivity contribution >= 4 is 38.6 Å². The van der Waals surface area contributed by atoms with Crippen LogP contribution < -0.4 is 0 Å². The van der Waals surface area contributed by atoms with E-state index in [0.29, 0.717) is 27.2 Å². The van der Waals surface area contributed by atoms with Gasteiger partial charge in [0.1, 0.15) is 11.3 Å². The van der Waals surface area contributed by atoms with E-state index in [1.54, 1.807) is 0 Å². The minimum atomic E-state index is -0.358. The molecule has 1 heterocycles. The molecule has 0 fully saturated rings. The van der Waals surface area contributed by atoms with Gasteiger partial charge in [-0.05, 0) is 12.1 Å². The van der Waals surface area contributed by atoms with E-state index in [0.717, 1.165) is 0 Å². The molecule has 0 saturated carbocycles. The highest BCUT2D eigenvalue weighted by Crippen LogP contribution is 2.24. The van der Waals surface area contributed by atoms with Crippen LogP contribution in [0.5, 0.6) is 0 Å². The van der Waals surface area contributed by atoms with Gasteiger partial charge in [0.2, 0.25) is 0 Å². The molecule has 68 valence electrons. The van der Waals surface area contributed by atoms with Crippen molar-refractivity contribution in [3.8, 4) is 0 Å². The van der Waals surface area contributed by atoms with Gasteiger partial charge in [-0.3, -0.25) is 0 Å². The number of nitrogens with zero attached hydrogens (tertiary/aromatic N) is 1. The third kappa shape index (κ3) is 1.44. The molecular weight excluding hydrogens is 258 g/mol. The number of rotatable bonds is 1. The highest BCUT2D eigenvalue weighted by molar-refractivity contribution is 9.08. The standard InChI is InChI=1S/C8H5BrClFN2/c9-3-6-12-7-4(10)1-2-5(11)8(7)13-6/h1-2H,3H2,(H,12,13). The third-order valence-electron chi connectivity index (χ3n) is 1.72. The van der Waals surface area contributed by atoms with Crippen LogP contribution >= 0.6 is 27.5 Å². The fourth-order valence-electron chi connectivity index (χ4n) is 1.14. The number of halogens is 3. The molecule has 0 amide bonds. The molecule has 2 aromatic rings. The van der Waals surface area contributed by atoms with Crippen molar-refractivity contribution in [3.63, 3.8) is 0 Å². The largest absolute Gasteiger partial charge is 0.340 e. The van der Waals surface area contributed by atoms with Crippen molar-refractivity contribution < 1.29 is 4.39 Å². The van der Waals surface area contributed by atoms with E-state index in [4.69, 9.17) is 11.6 Å². The monoisotopic (exact) mass is 262 g/mol. The first-order valence-electron chi connectivity index (χ1n) is 3.61. The molecule has 2 rings (SSSR count). The average molecular weight is 263 g/mol. The Morgan fingerprint density at radius 1 is 1.54 bits per heavy atom. The Morgan fingerprint density at radius 3 is 2.92 bits per heavy atom. The smallest absolute Gasteiger partial charge is 0.151 e. The Labute approximate surface area is 87.2 Å². The number of hydrogen-bond acceptors (Lipinski definition) is 1. The van der Waals surface area contributed by atoms with Crippen LogP contribution in [0.15, 0.2) is 12.1 Å². The SMILES string of the molecule is Fc1ccc(Cl)c2[nH]c(CBr)nc12. The summed E-state index contributed by atoms with van der Waals surface area (Å²) in [4.78, 5) is 6.95. The van der Waals surface area contributed by atoms with Gasteiger partial charge in [-0.1, -0.05) is 27.5 Å². The number of imidazole rings is 1. The number of benzene rings is 1. The molecule has 13 heavy (non-hydrogen) atoms. The molecule has 1 aromatic heterocycles. The van der Waals surface area contributed by atoms with E-state index in [1.807, 2.05) is 0 Å². The second-order valence-corrected chi connectivity index (χ2v) is 3.54. The van der Waals surface area contributed by atoms with Gasteiger partial charge in [0, 0.05) is 0 Å². The lowest BCUT2D eigenvalue weighted by Crippen LogP contribution is -1.78. The van der Waals surface area contributed by atoms with Crippen molar-refractivity contribution in [2.75, 3.05) is 0 Å². The minimum absolute atomic E-state index is 0.293. The van der Waals surface area contributed by atoms with Crippen LogP contribution in [0.1, 0.15) is 5.82 Å². The lowest BCUT2D eigenvalue weighted by Gasteiger charge is -1.92. The summed E-state index contributed by atoms with van der Waals surface area (Å²) in [7, 11) is 0. The van der Waals surface area contributed by atoms with Gasteiger partial charge in [-0.25, -0.2) is 9.37 Å².